The average molecular weight is 166 g/mol. The quantitative estimate of drug-likeness (QED) is 0.556. The van der Waals surface area contributed by atoms with E-state index >= 15 is 0 Å². The molecule has 2 unspecified atom stereocenters. The average Bonchev–Trinajstić information content (AvgIpc) is 2.17. The van der Waals surface area contributed by atoms with E-state index in [4.69, 9.17) is 4.74 Å². The molecule has 0 aromatic carbocycles. The summed E-state index contributed by atoms with van der Waals surface area (Å²) in [4.78, 5) is 10.6. The molecule has 1 aliphatic heterocycles. The van der Waals surface area contributed by atoms with Gasteiger partial charge in [-0.3, -0.25) is 0 Å². The number of rotatable bonds is 1. The molecule has 0 spiro atoms. The van der Waals surface area contributed by atoms with Gasteiger partial charge in [-0.25, -0.2) is 0 Å². The van der Waals surface area contributed by atoms with Crippen LogP contribution in [-0.2, 0) is 9.53 Å². The Morgan fingerprint density at radius 3 is 3.33 bits per heavy atom. The fraction of sp³-hybridized carbons (Fsp3) is 0.700. The lowest BCUT2D eigenvalue weighted by Gasteiger charge is -2.31. The summed E-state index contributed by atoms with van der Waals surface area (Å²) in [5.41, 5.74) is 0. The van der Waals surface area contributed by atoms with Gasteiger partial charge in [0.2, 0.25) is 0 Å². The predicted molar refractivity (Wildman–Crippen MR) is 45.5 cm³/mol. The summed E-state index contributed by atoms with van der Waals surface area (Å²) in [5.74, 6) is 1.95. The second-order valence-electron chi connectivity index (χ2n) is 3.66. The molecule has 0 aromatic heterocycles. The van der Waals surface area contributed by atoms with Crippen molar-refractivity contribution < 1.29 is 9.53 Å². The minimum Gasteiger partial charge on any atom is -0.498 e. The number of carbonyl (C=O) groups excluding carboxylic acids is 1. The van der Waals surface area contributed by atoms with Crippen molar-refractivity contribution in [2.75, 3.05) is 6.61 Å². The number of allylic oxidation sites excluding steroid dienone is 2. The number of hydrogen-bond donors (Lipinski definition) is 0. The fourth-order valence-electron chi connectivity index (χ4n) is 2.08. The lowest BCUT2D eigenvalue weighted by molar-refractivity contribution is -0.111. The highest BCUT2D eigenvalue weighted by Crippen LogP contribution is 2.34. The smallest absolute Gasteiger partial charge is 0.123 e. The second kappa shape index (κ2) is 3.30. The highest BCUT2D eigenvalue weighted by molar-refractivity contribution is 5.54. The molecule has 2 aliphatic rings. The summed E-state index contributed by atoms with van der Waals surface area (Å²) in [7, 11) is 0. The van der Waals surface area contributed by atoms with Crippen LogP contribution in [0.25, 0.3) is 0 Å². The molecule has 0 radical (unpaired) electrons. The van der Waals surface area contributed by atoms with Gasteiger partial charge in [0.1, 0.15) is 6.29 Å². The summed E-state index contributed by atoms with van der Waals surface area (Å²) in [6, 6.07) is 0. The summed E-state index contributed by atoms with van der Waals surface area (Å²) in [6.07, 6.45) is 7.43. The summed E-state index contributed by atoms with van der Waals surface area (Å²) in [5, 5.41) is 0. The van der Waals surface area contributed by atoms with Crippen molar-refractivity contribution in [2.24, 2.45) is 11.8 Å². The molecular formula is C10H14O2. The molecular weight excluding hydrogens is 152 g/mol. The maximum absolute atomic E-state index is 10.6. The third-order valence-electron chi connectivity index (χ3n) is 2.77. The molecule has 12 heavy (non-hydrogen) atoms. The zero-order chi connectivity index (χ0) is 8.39. The first kappa shape index (κ1) is 7.84. The molecule has 0 saturated carbocycles. The standard InChI is InChI=1S/C10H14O2/c11-7-8-3-4-10-9(6-8)2-1-5-12-10/h4,7-9H,1-3,5-6H2. The van der Waals surface area contributed by atoms with Crippen molar-refractivity contribution >= 4 is 6.29 Å². The summed E-state index contributed by atoms with van der Waals surface area (Å²) >= 11 is 0. The van der Waals surface area contributed by atoms with Crippen LogP contribution in [0.4, 0.5) is 0 Å². The van der Waals surface area contributed by atoms with E-state index in [-0.39, 0.29) is 5.92 Å². The molecule has 0 N–H and O–H groups in total. The maximum atomic E-state index is 10.6. The summed E-state index contributed by atoms with van der Waals surface area (Å²) < 4.78 is 5.52. The van der Waals surface area contributed by atoms with Crippen molar-refractivity contribution in [3.05, 3.63) is 11.8 Å². The highest BCUT2D eigenvalue weighted by Gasteiger charge is 2.27. The molecule has 2 heteroatoms. The number of aldehydes is 1. The van der Waals surface area contributed by atoms with Gasteiger partial charge in [-0.05, 0) is 31.8 Å². The zero-order valence-electron chi connectivity index (χ0n) is 7.16. The lowest BCUT2D eigenvalue weighted by Crippen LogP contribution is -2.22. The minimum atomic E-state index is 0.250. The molecule has 1 aliphatic carbocycles. The Bertz CT molecular complexity index is 208. The van der Waals surface area contributed by atoms with Gasteiger partial charge < -0.3 is 9.53 Å². The molecule has 2 nitrogen and oxygen atoms in total. The highest BCUT2D eigenvalue weighted by atomic mass is 16.5. The first-order valence-corrected chi connectivity index (χ1v) is 4.68. The minimum absolute atomic E-state index is 0.250. The van der Waals surface area contributed by atoms with E-state index < -0.39 is 0 Å². The number of fused-ring (bicyclic) bond motifs is 1. The molecule has 2 rings (SSSR count). The molecule has 0 bridgehead atoms. The van der Waals surface area contributed by atoms with E-state index in [0.717, 1.165) is 37.9 Å². The van der Waals surface area contributed by atoms with E-state index in [9.17, 15) is 4.79 Å². The Labute approximate surface area is 72.6 Å². The predicted octanol–water partition coefficient (Wildman–Crippen LogP) is 1.91. The molecule has 1 saturated heterocycles. The van der Waals surface area contributed by atoms with Gasteiger partial charge in [0, 0.05) is 11.8 Å². The van der Waals surface area contributed by atoms with Crippen LogP contribution in [0.15, 0.2) is 11.8 Å². The molecule has 0 aromatic rings. The van der Waals surface area contributed by atoms with Crippen LogP contribution in [0.2, 0.25) is 0 Å². The van der Waals surface area contributed by atoms with Crippen molar-refractivity contribution in [3.63, 3.8) is 0 Å². The topological polar surface area (TPSA) is 26.3 Å². The third-order valence-corrected chi connectivity index (χ3v) is 2.77. The van der Waals surface area contributed by atoms with E-state index in [1.165, 1.54) is 6.42 Å². The lowest BCUT2D eigenvalue weighted by atomic mass is 9.82. The van der Waals surface area contributed by atoms with Gasteiger partial charge >= 0.3 is 0 Å². The first-order chi connectivity index (χ1) is 5.90. The largest absolute Gasteiger partial charge is 0.498 e. The van der Waals surface area contributed by atoms with E-state index in [1.54, 1.807) is 0 Å². The van der Waals surface area contributed by atoms with Crippen LogP contribution in [0.5, 0.6) is 0 Å². The Balaban J connectivity index is 2.07. The number of ether oxygens (including phenoxy) is 1. The fourth-order valence-corrected chi connectivity index (χ4v) is 2.08. The molecule has 1 fully saturated rings. The van der Waals surface area contributed by atoms with E-state index in [1.807, 2.05) is 0 Å². The van der Waals surface area contributed by atoms with Gasteiger partial charge in [-0.2, -0.15) is 0 Å². The van der Waals surface area contributed by atoms with Gasteiger partial charge in [0.25, 0.3) is 0 Å². The first-order valence-electron chi connectivity index (χ1n) is 4.68. The van der Waals surface area contributed by atoms with Crippen molar-refractivity contribution in [1.82, 2.24) is 0 Å². The zero-order valence-corrected chi connectivity index (χ0v) is 7.16. The normalized spacial score (nSPS) is 34.5. The second-order valence-corrected chi connectivity index (χ2v) is 3.66. The van der Waals surface area contributed by atoms with E-state index in [2.05, 4.69) is 6.08 Å². The Kier molecular flexibility index (Phi) is 2.15. The van der Waals surface area contributed by atoms with Gasteiger partial charge in [-0.15, -0.1) is 0 Å². The Morgan fingerprint density at radius 1 is 1.58 bits per heavy atom. The van der Waals surface area contributed by atoms with Crippen LogP contribution >= 0.6 is 0 Å². The maximum Gasteiger partial charge on any atom is 0.123 e. The van der Waals surface area contributed by atoms with Crippen LogP contribution in [0.3, 0.4) is 0 Å². The monoisotopic (exact) mass is 166 g/mol. The van der Waals surface area contributed by atoms with Gasteiger partial charge in [0.05, 0.1) is 12.4 Å². The molecule has 2 atom stereocenters. The molecule has 66 valence electrons. The van der Waals surface area contributed by atoms with Crippen molar-refractivity contribution in [1.29, 1.82) is 0 Å². The van der Waals surface area contributed by atoms with E-state index in [0.29, 0.717) is 5.92 Å². The Morgan fingerprint density at radius 2 is 2.50 bits per heavy atom. The van der Waals surface area contributed by atoms with Crippen LogP contribution in [0, 0.1) is 11.8 Å². The summed E-state index contributed by atoms with van der Waals surface area (Å²) in [6.45, 7) is 0.869. The Hall–Kier alpha value is -0.790. The van der Waals surface area contributed by atoms with Gasteiger partial charge in [0.15, 0.2) is 0 Å². The van der Waals surface area contributed by atoms with Crippen molar-refractivity contribution in [2.45, 2.75) is 25.7 Å². The number of carbonyl (C=O) groups is 1. The number of hydrogen-bond acceptors (Lipinski definition) is 2. The van der Waals surface area contributed by atoms with Crippen LogP contribution in [0.1, 0.15) is 25.7 Å². The molecule has 0 amide bonds. The third kappa shape index (κ3) is 1.38. The van der Waals surface area contributed by atoms with Crippen molar-refractivity contribution in [3.8, 4) is 0 Å². The van der Waals surface area contributed by atoms with Crippen LogP contribution < -0.4 is 0 Å². The molecule has 1 heterocycles. The SMILES string of the molecule is O=CC1CC=C2OCCCC2C1. The van der Waals surface area contributed by atoms with Crippen LogP contribution in [-0.4, -0.2) is 12.9 Å². The van der Waals surface area contributed by atoms with Gasteiger partial charge in [-0.1, -0.05) is 0 Å².